The van der Waals surface area contributed by atoms with Crippen LogP contribution in [0, 0.1) is 0 Å². The maximum absolute atomic E-state index is 12.1. The van der Waals surface area contributed by atoms with Gasteiger partial charge in [-0.05, 0) is 11.6 Å². The normalized spacial score (nSPS) is 18.5. The lowest BCUT2D eigenvalue weighted by molar-refractivity contribution is -0.140. The van der Waals surface area contributed by atoms with E-state index >= 15 is 0 Å². The summed E-state index contributed by atoms with van der Waals surface area (Å²) in [4.78, 5) is 24.4. The molecule has 4 nitrogen and oxygen atoms in total. The SMILES string of the molecule is COC(=O)C(Cl)CNC(=O)C1CSc2ccccc21. The molecule has 0 aliphatic carbocycles. The summed E-state index contributed by atoms with van der Waals surface area (Å²) in [7, 11) is 1.27. The molecule has 1 aromatic rings. The summed E-state index contributed by atoms with van der Waals surface area (Å²) in [6.45, 7) is 0.0798. The predicted molar refractivity (Wildman–Crippen MR) is 74.6 cm³/mol. The zero-order chi connectivity index (χ0) is 13.8. The number of thioether (sulfide) groups is 1. The van der Waals surface area contributed by atoms with Gasteiger partial charge in [0.1, 0.15) is 5.38 Å². The molecule has 1 N–H and O–H groups in total. The number of carbonyl (C=O) groups is 2. The Morgan fingerprint density at radius 2 is 2.26 bits per heavy atom. The Hall–Kier alpha value is -1.20. The molecule has 102 valence electrons. The van der Waals surface area contributed by atoms with Crippen molar-refractivity contribution in [1.82, 2.24) is 5.32 Å². The third kappa shape index (κ3) is 3.22. The molecule has 0 fully saturated rings. The number of rotatable bonds is 4. The van der Waals surface area contributed by atoms with Crippen LogP contribution < -0.4 is 5.32 Å². The van der Waals surface area contributed by atoms with Gasteiger partial charge in [-0.1, -0.05) is 18.2 Å². The Morgan fingerprint density at radius 1 is 1.53 bits per heavy atom. The highest BCUT2D eigenvalue weighted by Crippen LogP contribution is 2.39. The third-order valence-electron chi connectivity index (χ3n) is 2.93. The molecular weight excluding hydrogens is 286 g/mol. The summed E-state index contributed by atoms with van der Waals surface area (Å²) in [5.74, 6) is -0.103. The molecule has 1 amide bonds. The fraction of sp³-hybridized carbons (Fsp3) is 0.385. The molecule has 6 heteroatoms. The van der Waals surface area contributed by atoms with Crippen molar-refractivity contribution < 1.29 is 14.3 Å². The molecule has 2 atom stereocenters. The quantitative estimate of drug-likeness (QED) is 0.680. The predicted octanol–water partition coefficient (Wildman–Crippen LogP) is 1.77. The van der Waals surface area contributed by atoms with Gasteiger partial charge in [0.2, 0.25) is 5.91 Å². The van der Waals surface area contributed by atoms with E-state index in [9.17, 15) is 9.59 Å². The molecule has 2 unspecified atom stereocenters. The second-order valence-corrected chi connectivity index (χ2v) is 5.73. The monoisotopic (exact) mass is 299 g/mol. The molecule has 0 bridgehead atoms. The van der Waals surface area contributed by atoms with Gasteiger partial charge in [-0.3, -0.25) is 9.59 Å². The molecule has 0 aromatic heterocycles. The highest BCUT2D eigenvalue weighted by molar-refractivity contribution is 7.99. The Bertz CT molecular complexity index is 495. The summed E-state index contributed by atoms with van der Waals surface area (Å²) in [5, 5.41) is 1.85. The summed E-state index contributed by atoms with van der Waals surface area (Å²) in [6.07, 6.45) is 0. The van der Waals surface area contributed by atoms with Gasteiger partial charge < -0.3 is 10.1 Å². The van der Waals surface area contributed by atoms with Gasteiger partial charge in [0.05, 0.1) is 13.0 Å². The summed E-state index contributed by atoms with van der Waals surface area (Å²) in [5.41, 5.74) is 1.04. The Balaban J connectivity index is 1.94. The highest BCUT2D eigenvalue weighted by Gasteiger charge is 2.29. The van der Waals surface area contributed by atoms with Crippen LogP contribution in [-0.2, 0) is 14.3 Å². The number of carbonyl (C=O) groups excluding carboxylic acids is 2. The first kappa shape index (κ1) is 14.2. The Labute approximate surface area is 120 Å². The first-order valence-electron chi connectivity index (χ1n) is 5.85. The molecule has 0 saturated heterocycles. The van der Waals surface area contributed by atoms with Crippen LogP contribution in [0.3, 0.4) is 0 Å². The smallest absolute Gasteiger partial charge is 0.325 e. The van der Waals surface area contributed by atoms with Crippen LogP contribution in [0.25, 0.3) is 0 Å². The molecule has 1 aromatic carbocycles. The van der Waals surface area contributed by atoms with E-state index in [4.69, 9.17) is 11.6 Å². The number of fused-ring (bicyclic) bond motifs is 1. The van der Waals surface area contributed by atoms with Gasteiger partial charge in [-0.15, -0.1) is 23.4 Å². The largest absolute Gasteiger partial charge is 0.468 e. The van der Waals surface area contributed by atoms with Crippen molar-refractivity contribution in [3.8, 4) is 0 Å². The summed E-state index contributed by atoms with van der Waals surface area (Å²) in [6, 6.07) is 7.84. The molecule has 2 rings (SSSR count). The van der Waals surface area contributed by atoms with Crippen LogP contribution >= 0.6 is 23.4 Å². The van der Waals surface area contributed by atoms with Gasteiger partial charge in [0.25, 0.3) is 0 Å². The van der Waals surface area contributed by atoms with Crippen LogP contribution in [0.5, 0.6) is 0 Å². The number of nitrogens with one attached hydrogen (secondary N) is 1. The fourth-order valence-corrected chi connectivity index (χ4v) is 3.30. The van der Waals surface area contributed by atoms with Crippen molar-refractivity contribution >= 4 is 35.2 Å². The maximum Gasteiger partial charge on any atom is 0.325 e. The van der Waals surface area contributed by atoms with E-state index in [2.05, 4.69) is 10.1 Å². The lowest BCUT2D eigenvalue weighted by Gasteiger charge is -2.13. The van der Waals surface area contributed by atoms with E-state index in [-0.39, 0.29) is 18.4 Å². The minimum absolute atomic E-state index is 0.0798. The average Bonchev–Trinajstić information content (AvgIpc) is 2.87. The third-order valence-corrected chi connectivity index (χ3v) is 4.44. The van der Waals surface area contributed by atoms with Gasteiger partial charge in [0.15, 0.2) is 0 Å². The average molecular weight is 300 g/mol. The topological polar surface area (TPSA) is 55.4 Å². The highest BCUT2D eigenvalue weighted by atomic mass is 35.5. The van der Waals surface area contributed by atoms with Gasteiger partial charge in [-0.2, -0.15) is 0 Å². The minimum Gasteiger partial charge on any atom is -0.468 e. The van der Waals surface area contributed by atoms with E-state index in [0.717, 1.165) is 16.2 Å². The van der Waals surface area contributed by atoms with Crippen LogP contribution in [0.15, 0.2) is 29.2 Å². The van der Waals surface area contributed by atoms with E-state index in [1.54, 1.807) is 11.8 Å². The molecular formula is C13H14ClNO3S. The van der Waals surface area contributed by atoms with Crippen LogP contribution in [0.1, 0.15) is 11.5 Å². The number of hydrogen-bond donors (Lipinski definition) is 1. The van der Waals surface area contributed by atoms with Crippen molar-refractivity contribution in [2.45, 2.75) is 16.2 Å². The lowest BCUT2D eigenvalue weighted by Crippen LogP contribution is -2.37. The molecule has 1 aliphatic heterocycles. The molecule has 1 aliphatic rings. The number of amides is 1. The molecule has 0 radical (unpaired) electrons. The van der Waals surface area contributed by atoms with Crippen LogP contribution in [0.4, 0.5) is 0 Å². The zero-order valence-electron chi connectivity index (χ0n) is 10.4. The first-order chi connectivity index (χ1) is 9.13. The van der Waals surface area contributed by atoms with Crippen molar-refractivity contribution in [3.05, 3.63) is 29.8 Å². The van der Waals surface area contributed by atoms with Crippen molar-refractivity contribution in [3.63, 3.8) is 0 Å². The van der Waals surface area contributed by atoms with E-state index in [1.165, 1.54) is 7.11 Å². The lowest BCUT2D eigenvalue weighted by atomic mass is 10.0. The van der Waals surface area contributed by atoms with Crippen LogP contribution in [-0.4, -0.2) is 36.7 Å². The number of methoxy groups -OCH3 is 1. The summed E-state index contributed by atoms with van der Waals surface area (Å²) < 4.78 is 4.50. The van der Waals surface area contributed by atoms with Crippen molar-refractivity contribution in [2.24, 2.45) is 0 Å². The number of hydrogen-bond acceptors (Lipinski definition) is 4. The second-order valence-electron chi connectivity index (χ2n) is 4.14. The molecule has 0 spiro atoms. The minimum atomic E-state index is -0.849. The second kappa shape index (κ2) is 6.30. The van der Waals surface area contributed by atoms with E-state index in [1.807, 2.05) is 24.3 Å². The molecule has 0 saturated carbocycles. The number of esters is 1. The van der Waals surface area contributed by atoms with Gasteiger partial charge in [-0.25, -0.2) is 0 Å². The number of ether oxygens (including phenoxy) is 1. The van der Waals surface area contributed by atoms with E-state index < -0.39 is 11.3 Å². The molecule has 1 heterocycles. The summed E-state index contributed by atoms with van der Waals surface area (Å²) >= 11 is 7.45. The zero-order valence-corrected chi connectivity index (χ0v) is 12.0. The Morgan fingerprint density at radius 3 is 3.00 bits per heavy atom. The van der Waals surface area contributed by atoms with Crippen molar-refractivity contribution in [2.75, 3.05) is 19.4 Å². The van der Waals surface area contributed by atoms with Gasteiger partial charge in [0, 0.05) is 17.2 Å². The number of benzene rings is 1. The number of halogens is 1. The van der Waals surface area contributed by atoms with Crippen LogP contribution in [0.2, 0.25) is 0 Å². The first-order valence-corrected chi connectivity index (χ1v) is 7.27. The molecule has 19 heavy (non-hydrogen) atoms. The van der Waals surface area contributed by atoms with Gasteiger partial charge >= 0.3 is 5.97 Å². The number of alkyl halides is 1. The fourth-order valence-electron chi connectivity index (χ4n) is 1.90. The standard InChI is InChI=1S/C13H14ClNO3S/c1-18-13(17)10(14)6-15-12(16)9-7-19-11-5-3-2-4-8(9)11/h2-5,9-10H,6-7H2,1H3,(H,15,16). The van der Waals surface area contributed by atoms with Crippen molar-refractivity contribution in [1.29, 1.82) is 0 Å². The maximum atomic E-state index is 12.1. The van der Waals surface area contributed by atoms with E-state index in [0.29, 0.717) is 0 Å². The Kier molecular flexibility index (Phi) is 4.71.